The molecule has 0 spiro atoms. The smallest absolute Gasteiger partial charge is 0.348 e. The first kappa shape index (κ1) is 25.6. The molecule has 0 saturated carbocycles. The number of nitrogens with one attached hydrogen (secondary N) is 2. The summed E-state index contributed by atoms with van der Waals surface area (Å²) in [4.78, 5) is 51.7. The molecule has 0 saturated heterocycles. The largest absolute Gasteiger partial charge is 0.462 e. The summed E-state index contributed by atoms with van der Waals surface area (Å²) >= 11 is 0.962. The van der Waals surface area contributed by atoms with Gasteiger partial charge in [0.15, 0.2) is 6.17 Å². The van der Waals surface area contributed by atoms with Gasteiger partial charge in [0, 0.05) is 11.1 Å². The molecule has 1 amide bonds. The van der Waals surface area contributed by atoms with Crippen LogP contribution in [-0.4, -0.2) is 43.0 Å². The van der Waals surface area contributed by atoms with Crippen LogP contribution < -0.4 is 10.6 Å². The molecule has 3 rings (SSSR count). The third kappa shape index (κ3) is 6.13. The Balaban J connectivity index is 2.03. The van der Waals surface area contributed by atoms with Crippen molar-refractivity contribution in [3.63, 3.8) is 0 Å². The van der Waals surface area contributed by atoms with Crippen LogP contribution in [0.2, 0.25) is 0 Å². The molecule has 0 radical (unpaired) electrons. The van der Waals surface area contributed by atoms with Gasteiger partial charge in [0.25, 0.3) is 5.91 Å². The van der Waals surface area contributed by atoms with E-state index in [1.54, 1.807) is 81.4 Å². The number of ketones is 1. The van der Waals surface area contributed by atoms with Gasteiger partial charge in [-0.1, -0.05) is 48.5 Å². The molecule has 3 aromatic rings. The summed E-state index contributed by atoms with van der Waals surface area (Å²) in [5.74, 6) is -2.15. The van der Waals surface area contributed by atoms with E-state index in [1.165, 1.54) is 0 Å². The highest BCUT2D eigenvalue weighted by Crippen LogP contribution is 2.35. The summed E-state index contributed by atoms with van der Waals surface area (Å²) < 4.78 is 10.3. The number of Topliss-reactive ketones (excluding diaryl/α,β-unsaturated/α-hetero) is 1. The van der Waals surface area contributed by atoms with Crippen molar-refractivity contribution < 1.29 is 28.7 Å². The highest BCUT2D eigenvalue weighted by molar-refractivity contribution is 7.18. The van der Waals surface area contributed by atoms with E-state index >= 15 is 0 Å². The number of carbonyl (C=O) groups excluding carboxylic acids is 4. The molecular weight excluding hydrogens is 468 g/mol. The third-order valence-corrected chi connectivity index (χ3v) is 6.20. The van der Waals surface area contributed by atoms with Crippen molar-refractivity contribution in [2.24, 2.45) is 0 Å². The predicted octanol–water partition coefficient (Wildman–Crippen LogP) is 4.46. The number of thiophene rings is 1. The number of benzene rings is 2. The van der Waals surface area contributed by atoms with Gasteiger partial charge in [0.1, 0.15) is 9.88 Å². The third-order valence-electron chi connectivity index (χ3n) is 4.99. The Kier molecular flexibility index (Phi) is 8.74. The molecule has 0 bridgehead atoms. The van der Waals surface area contributed by atoms with E-state index in [0.29, 0.717) is 16.7 Å². The summed E-state index contributed by atoms with van der Waals surface area (Å²) in [6.07, 6.45) is -1.23. The molecule has 1 atom stereocenters. The van der Waals surface area contributed by atoms with Crippen molar-refractivity contribution >= 4 is 40.0 Å². The van der Waals surface area contributed by atoms with Crippen LogP contribution in [0.15, 0.2) is 60.7 Å². The molecule has 9 heteroatoms. The molecule has 1 heterocycles. The van der Waals surface area contributed by atoms with Gasteiger partial charge in [-0.05, 0) is 38.5 Å². The van der Waals surface area contributed by atoms with E-state index in [0.717, 1.165) is 11.3 Å². The first-order valence-electron chi connectivity index (χ1n) is 11.1. The maximum Gasteiger partial charge on any atom is 0.348 e. The summed E-state index contributed by atoms with van der Waals surface area (Å²) in [6.45, 7) is 5.24. The number of amides is 1. The standard InChI is InChI=1S/C26H26N2O6S/c1-4-33-25(31)19-16(3)21(26(32)34-5-2)35-24(19)28-22(20(29)17-12-8-6-9-13-17)27-23(30)18-14-10-7-11-15-18/h6-15,22,28H,4-5H2,1-3H3,(H,27,30)/t22-/m0/s1. The van der Waals surface area contributed by atoms with Gasteiger partial charge in [0.05, 0.1) is 18.8 Å². The first-order valence-corrected chi connectivity index (χ1v) is 11.9. The van der Waals surface area contributed by atoms with Crippen molar-refractivity contribution in [2.45, 2.75) is 26.9 Å². The fourth-order valence-electron chi connectivity index (χ4n) is 3.33. The van der Waals surface area contributed by atoms with Crippen molar-refractivity contribution in [2.75, 3.05) is 18.5 Å². The average molecular weight is 495 g/mol. The minimum atomic E-state index is -1.23. The lowest BCUT2D eigenvalue weighted by Gasteiger charge is -2.20. The van der Waals surface area contributed by atoms with Crippen LogP contribution in [0.1, 0.15) is 60.2 Å². The molecule has 35 heavy (non-hydrogen) atoms. The van der Waals surface area contributed by atoms with Gasteiger partial charge >= 0.3 is 11.9 Å². The SMILES string of the molecule is CCOC(=O)c1sc(N[C@H](NC(=O)c2ccccc2)C(=O)c2ccccc2)c(C(=O)OCC)c1C. The normalized spacial score (nSPS) is 11.3. The zero-order chi connectivity index (χ0) is 25.4. The fourth-order valence-corrected chi connectivity index (χ4v) is 4.44. The molecule has 0 unspecified atom stereocenters. The Hall–Kier alpha value is -3.98. The van der Waals surface area contributed by atoms with Gasteiger partial charge in [-0.2, -0.15) is 0 Å². The number of rotatable bonds is 10. The summed E-state index contributed by atoms with van der Waals surface area (Å²) in [6, 6.07) is 16.9. The van der Waals surface area contributed by atoms with Crippen LogP contribution in [0.5, 0.6) is 0 Å². The molecule has 0 aliphatic carbocycles. The summed E-state index contributed by atoms with van der Waals surface area (Å²) in [5.41, 5.74) is 1.20. The fraction of sp³-hybridized carbons (Fsp3) is 0.231. The summed E-state index contributed by atoms with van der Waals surface area (Å²) in [7, 11) is 0. The Bertz CT molecular complexity index is 1210. The van der Waals surface area contributed by atoms with Crippen LogP contribution >= 0.6 is 11.3 Å². The maximum atomic E-state index is 13.4. The van der Waals surface area contributed by atoms with Crippen molar-refractivity contribution in [3.05, 3.63) is 87.8 Å². The Morgan fingerprint density at radius 2 is 1.37 bits per heavy atom. The lowest BCUT2D eigenvalue weighted by molar-refractivity contribution is 0.0526. The van der Waals surface area contributed by atoms with Crippen molar-refractivity contribution in [3.8, 4) is 0 Å². The zero-order valence-corrected chi connectivity index (χ0v) is 20.4. The number of esters is 2. The van der Waals surface area contributed by atoms with E-state index in [9.17, 15) is 19.2 Å². The van der Waals surface area contributed by atoms with Crippen LogP contribution in [0.3, 0.4) is 0 Å². The lowest BCUT2D eigenvalue weighted by Crippen LogP contribution is -2.46. The summed E-state index contributed by atoms with van der Waals surface area (Å²) in [5, 5.41) is 5.89. The highest BCUT2D eigenvalue weighted by atomic mass is 32.1. The Morgan fingerprint density at radius 3 is 1.94 bits per heavy atom. The number of hydrogen-bond donors (Lipinski definition) is 2. The molecule has 182 valence electrons. The molecular formula is C26H26N2O6S. The van der Waals surface area contributed by atoms with Crippen LogP contribution in [-0.2, 0) is 9.47 Å². The maximum absolute atomic E-state index is 13.4. The minimum Gasteiger partial charge on any atom is -0.462 e. The Labute approximate surface area is 207 Å². The number of anilines is 1. The van der Waals surface area contributed by atoms with E-state index < -0.39 is 29.8 Å². The Morgan fingerprint density at radius 1 is 0.829 bits per heavy atom. The first-order chi connectivity index (χ1) is 16.9. The quantitative estimate of drug-likeness (QED) is 0.243. The number of carbonyl (C=O) groups is 4. The van der Waals surface area contributed by atoms with E-state index in [-0.39, 0.29) is 28.7 Å². The lowest BCUT2D eigenvalue weighted by atomic mass is 10.1. The molecule has 1 aromatic heterocycles. The van der Waals surface area contributed by atoms with E-state index in [4.69, 9.17) is 9.47 Å². The molecule has 8 nitrogen and oxygen atoms in total. The minimum absolute atomic E-state index is 0.111. The van der Waals surface area contributed by atoms with E-state index in [2.05, 4.69) is 10.6 Å². The van der Waals surface area contributed by atoms with Gasteiger partial charge in [-0.3, -0.25) is 9.59 Å². The molecule has 0 aliphatic heterocycles. The van der Waals surface area contributed by atoms with Crippen LogP contribution in [0.4, 0.5) is 5.00 Å². The second-order valence-corrected chi connectivity index (χ2v) is 8.37. The highest BCUT2D eigenvalue weighted by Gasteiger charge is 2.30. The van der Waals surface area contributed by atoms with Gasteiger partial charge in [-0.15, -0.1) is 11.3 Å². The second kappa shape index (κ2) is 11.9. The van der Waals surface area contributed by atoms with Gasteiger partial charge in [0.2, 0.25) is 5.78 Å². The second-order valence-electron chi connectivity index (χ2n) is 7.35. The van der Waals surface area contributed by atoms with Crippen LogP contribution in [0.25, 0.3) is 0 Å². The average Bonchev–Trinajstić information content (AvgIpc) is 3.20. The van der Waals surface area contributed by atoms with Gasteiger partial charge < -0.3 is 20.1 Å². The molecule has 2 N–H and O–H groups in total. The predicted molar refractivity (Wildman–Crippen MR) is 133 cm³/mol. The number of ether oxygens (including phenoxy) is 2. The molecule has 0 aliphatic rings. The van der Waals surface area contributed by atoms with Gasteiger partial charge in [-0.25, -0.2) is 9.59 Å². The van der Waals surface area contributed by atoms with E-state index in [1.807, 2.05) is 0 Å². The zero-order valence-electron chi connectivity index (χ0n) is 19.6. The molecule has 0 fully saturated rings. The number of hydrogen-bond acceptors (Lipinski definition) is 8. The van der Waals surface area contributed by atoms with Crippen molar-refractivity contribution in [1.29, 1.82) is 0 Å². The van der Waals surface area contributed by atoms with Crippen molar-refractivity contribution in [1.82, 2.24) is 5.32 Å². The topological polar surface area (TPSA) is 111 Å². The molecule has 2 aromatic carbocycles. The monoisotopic (exact) mass is 494 g/mol. The van der Waals surface area contributed by atoms with Crippen LogP contribution in [0, 0.1) is 6.92 Å².